The van der Waals surface area contributed by atoms with Gasteiger partial charge in [0.1, 0.15) is 6.54 Å². The van der Waals surface area contributed by atoms with Gasteiger partial charge in [0.25, 0.3) is 0 Å². The van der Waals surface area contributed by atoms with Crippen LogP contribution in [-0.4, -0.2) is 36.5 Å². The van der Waals surface area contributed by atoms with Crippen LogP contribution < -0.4 is 16.0 Å². The number of nitrogens with zero attached hydrogens (tertiary/aromatic N) is 2. The summed E-state index contributed by atoms with van der Waals surface area (Å²) < 4.78 is 0. The average molecular weight is 477 g/mol. The number of anilines is 1. The SMILES string of the molecule is C#Cc1cccc(NC(=O)CN=C(NCC)NCCc2ccccn2)c1.I. The number of hydrogen-bond acceptors (Lipinski definition) is 3. The van der Waals surface area contributed by atoms with Crippen molar-refractivity contribution < 1.29 is 4.79 Å². The highest BCUT2D eigenvalue weighted by atomic mass is 127. The number of aromatic nitrogens is 1. The Morgan fingerprint density at radius 1 is 1.22 bits per heavy atom. The summed E-state index contributed by atoms with van der Waals surface area (Å²) in [5.41, 5.74) is 2.38. The molecule has 0 saturated heterocycles. The number of guanidine groups is 1. The molecule has 0 atom stereocenters. The third-order valence-electron chi connectivity index (χ3n) is 3.44. The minimum Gasteiger partial charge on any atom is -0.357 e. The monoisotopic (exact) mass is 477 g/mol. The molecule has 1 aromatic heterocycles. The van der Waals surface area contributed by atoms with Gasteiger partial charge in [0.2, 0.25) is 5.91 Å². The molecule has 0 fully saturated rings. The summed E-state index contributed by atoms with van der Waals surface area (Å²) in [7, 11) is 0. The molecule has 0 spiro atoms. The van der Waals surface area contributed by atoms with Gasteiger partial charge in [-0.3, -0.25) is 9.78 Å². The van der Waals surface area contributed by atoms with Crippen LogP contribution in [-0.2, 0) is 11.2 Å². The minimum atomic E-state index is -0.207. The first-order chi connectivity index (χ1) is 12.7. The second-order valence-corrected chi connectivity index (χ2v) is 5.47. The zero-order valence-electron chi connectivity index (χ0n) is 15.2. The molecule has 6 nitrogen and oxygen atoms in total. The van der Waals surface area contributed by atoms with Crippen LogP contribution >= 0.6 is 24.0 Å². The van der Waals surface area contributed by atoms with Gasteiger partial charge in [-0.15, -0.1) is 30.4 Å². The predicted molar refractivity (Wildman–Crippen MR) is 120 cm³/mol. The highest BCUT2D eigenvalue weighted by molar-refractivity contribution is 14.0. The molecular weight excluding hydrogens is 453 g/mol. The molecule has 0 unspecified atom stereocenters. The lowest BCUT2D eigenvalue weighted by Gasteiger charge is -2.11. The summed E-state index contributed by atoms with van der Waals surface area (Å²) in [6, 6.07) is 13.0. The fourth-order valence-electron chi connectivity index (χ4n) is 2.23. The predicted octanol–water partition coefficient (Wildman–Crippen LogP) is 2.42. The molecule has 27 heavy (non-hydrogen) atoms. The van der Waals surface area contributed by atoms with Crippen molar-refractivity contribution in [3.8, 4) is 12.3 Å². The number of halogens is 1. The molecule has 1 amide bonds. The first-order valence-electron chi connectivity index (χ1n) is 8.50. The van der Waals surface area contributed by atoms with E-state index in [-0.39, 0.29) is 36.4 Å². The first-order valence-corrected chi connectivity index (χ1v) is 8.50. The number of carbonyl (C=O) groups is 1. The summed E-state index contributed by atoms with van der Waals surface area (Å²) in [4.78, 5) is 20.7. The lowest BCUT2D eigenvalue weighted by molar-refractivity contribution is -0.114. The number of terminal acetylenes is 1. The van der Waals surface area contributed by atoms with Crippen molar-refractivity contribution in [2.45, 2.75) is 13.3 Å². The van der Waals surface area contributed by atoms with Crippen molar-refractivity contribution in [2.75, 3.05) is 25.0 Å². The van der Waals surface area contributed by atoms with Gasteiger partial charge in [0.05, 0.1) is 0 Å². The molecule has 0 aliphatic rings. The standard InChI is InChI=1S/C20H23N5O.HI/c1-3-16-8-7-10-18(14-16)25-19(26)15-24-20(21-4-2)23-13-11-17-9-5-6-12-22-17;/h1,5-10,12,14H,4,11,13,15H2,2H3,(H,25,26)(H2,21,23,24);1H. The number of amides is 1. The molecule has 1 aromatic carbocycles. The summed E-state index contributed by atoms with van der Waals surface area (Å²) in [6.45, 7) is 3.37. The fraction of sp³-hybridized carbons (Fsp3) is 0.250. The maximum absolute atomic E-state index is 12.1. The quantitative estimate of drug-likeness (QED) is 0.248. The molecule has 2 aromatic rings. The molecule has 0 aliphatic carbocycles. The third-order valence-corrected chi connectivity index (χ3v) is 3.44. The molecular formula is C20H24IN5O. The van der Waals surface area contributed by atoms with Crippen LogP contribution in [0.5, 0.6) is 0 Å². The van der Waals surface area contributed by atoms with Gasteiger partial charge < -0.3 is 16.0 Å². The summed E-state index contributed by atoms with van der Waals surface area (Å²) in [5, 5.41) is 9.11. The second kappa shape index (κ2) is 12.7. The van der Waals surface area contributed by atoms with E-state index in [1.54, 1.807) is 24.4 Å². The third kappa shape index (κ3) is 8.55. The summed E-state index contributed by atoms with van der Waals surface area (Å²) in [6.07, 6.45) is 7.91. The zero-order chi connectivity index (χ0) is 18.6. The smallest absolute Gasteiger partial charge is 0.246 e. The van der Waals surface area contributed by atoms with Gasteiger partial charge in [0.15, 0.2) is 5.96 Å². The Kier molecular flexibility index (Phi) is 10.6. The van der Waals surface area contributed by atoms with Crippen LogP contribution in [0.3, 0.4) is 0 Å². The molecule has 0 radical (unpaired) electrons. The number of carbonyl (C=O) groups excluding carboxylic acids is 1. The van der Waals surface area contributed by atoms with Crippen molar-refractivity contribution >= 4 is 41.5 Å². The summed E-state index contributed by atoms with van der Waals surface area (Å²) >= 11 is 0. The van der Waals surface area contributed by atoms with Gasteiger partial charge in [-0.2, -0.15) is 0 Å². The van der Waals surface area contributed by atoms with Gasteiger partial charge >= 0.3 is 0 Å². The van der Waals surface area contributed by atoms with E-state index >= 15 is 0 Å². The first kappa shape index (κ1) is 22.4. The lowest BCUT2D eigenvalue weighted by atomic mass is 10.2. The second-order valence-electron chi connectivity index (χ2n) is 5.47. The minimum absolute atomic E-state index is 0. The fourth-order valence-corrected chi connectivity index (χ4v) is 2.23. The molecule has 1 heterocycles. The van der Waals surface area contributed by atoms with E-state index in [1.807, 2.05) is 31.2 Å². The van der Waals surface area contributed by atoms with Crippen LogP contribution in [0.25, 0.3) is 0 Å². The Bertz CT molecular complexity index is 786. The maximum Gasteiger partial charge on any atom is 0.246 e. The molecule has 142 valence electrons. The highest BCUT2D eigenvalue weighted by Gasteiger charge is 2.04. The van der Waals surface area contributed by atoms with Crippen molar-refractivity contribution in [3.05, 3.63) is 59.9 Å². The Morgan fingerprint density at radius 3 is 2.78 bits per heavy atom. The van der Waals surface area contributed by atoms with Crippen molar-refractivity contribution in [3.63, 3.8) is 0 Å². The molecule has 0 aliphatic heterocycles. The van der Waals surface area contributed by atoms with Crippen LogP contribution in [0, 0.1) is 12.3 Å². The van der Waals surface area contributed by atoms with E-state index in [0.29, 0.717) is 24.7 Å². The molecule has 0 saturated carbocycles. The number of pyridine rings is 1. The number of rotatable bonds is 7. The van der Waals surface area contributed by atoms with Crippen molar-refractivity contribution in [2.24, 2.45) is 4.99 Å². The number of hydrogen-bond donors (Lipinski definition) is 3. The van der Waals surface area contributed by atoms with Gasteiger partial charge in [-0.1, -0.05) is 18.1 Å². The van der Waals surface area contributed by atoms with E-state index < -0.39 is 0 Å². The average Bonchev–Trinajstić information content (AvgIpc) is 2.67. The van der Waals surface area contributed by atoms with E-state index in [2.05, 4.69) is 31.8 Å². The molecule has 7 heteroatoms. The van der Waals surface area contributed by atoms with E-state index in [9.17, 15) is 4.79 Å². The lowest BCUT2D eigenvalue weighted by Crippen LogP contribution is -2.39. The van der Waals surface area contributed by atoms with Crippen LogP contribution in [0.4, 0.5) is 5.69 Å². The molecule has 0 bridgehead atoms. The zero-order valence-corrected chi connectivity index (χ0v) is 17.6. The van der Waals surface area contributed by atoms with E-state index in [0.717, 1.165) is 17.7 Å². The molecule has 3 N–H and O–H groups in total. The summed E-state index contributed by atoms with van der Waals surface area (Å²) in [5.74, 6) is 2.93. The van der Waals surface area contributed by atoms with Crippen molar-refractivity contribution in [1.29, 1.82) is 0 Å². The Hall–Kier alpha value is -2.60. The number of benzene rings is 1. The van der Waals surface area contributed by atoms with Gasteiger partial charge in [0, 0.05) is 42.7 Å². The number of nitrogens with one attached hydrogen (secondary N) is 3. The highest BCUT2D eigenvalue weighted by Crippen LogP contribution is 2.09. The Balaban J connectivity index is 0.00000364. The van der Waals surface area contributed by atoms with E-state index in [1.165, 1.54) is 0 Å². The van der Waals surface area contributed by atoms with Gasteiger partial charge in [-0.25, -0.2) is 4.99 Å². The van der Waals surface area contributed by atoms with Crippen LogP contribution in [0.1, 0.15) is 18.2 Å². The van der Waals surface area contributed by atoms with Gasteiger partial charge in [-0.05, 0) is 37.3 Å². The Morgan fingerprint density at radius 2 is 2.07 bits per heavy atom. The van der Waals surface area contributed by atoms with Crippen molar-refractivity contribution in [1.82, 2.24) is 15.6 Å². The number of aliphatic imine (C=N–C) groups is 1. The van der Waals surface area contributed by atoms with Crippen LogP contribution in [0.2, 0.25) is 0 Å². The largest absolute Gasteiger partial charge is 0.357 e. The van der Waals surface area contributed by atoms with E-state index in [4.69, 9.17) is 6.42 Å². The van der Waals surface area contributed by atoms with Crippen LogP contribution in [0.15, 0.2) is 53.7 Å². The molecule has 2 rings (SSSR count). The topological polar surface area (TPSA) is 78.4 Å². The Labute approximate surface area is 177 Å². The normalized spacial score (nSPS) is 10.3. The maximum atomic E-state index is 12.1.